The molecule has 1 aliphatic heterocycles. The normalized spacial score (nSPS) is 23.1. The molecule has 1 atom stereocenters. The first-order valence-corrected chi connectivity index (χ1v) is 6.21. The monoisotopic (exact) mass is 272 g/mol. The maximum atomic E-state index is 13.1. The van der Waals surface area contributed by atoms with Gasteiger partial charge in [-0.15, -0.1) is 12.4 Å². The molecule has 1 aromatic carbocycles. The molecule has 1 fully saturated rings. The highest BCUT2D eigenvalue weighted by molar-refractivity contribution is 5.85. The van der Waals surface area contributed by atoms with Crippen molar-refractivity contribution >= 4 is 12.4 Å². The van der Waals surface area contributed by atoms with Crippen molar-refractivity contribution in [3.8, 4) is 0 Å². The van der Waals surface area contributed by atoms with Crippen molar-refractivity contribution in [1.29, 1.82) is 0 Å². The number of rotatable bonds is 4. The van der Waals surface area contributed by atoms with Gasteiger partial charge in [-0.1, -0.05) is 19.1 Å². The lowest BCUT2D eigenvalue weighted by atomic mass is 9.89. The van der Waals surface area contributed by atoms with Crippen molar-refractivity contribution < 1.29 is 4.39 Å². The molecule has 0 radical (unpaired) electrons. The lowest BCUT2D eigenvalue weighted by molar-refractivity contribution is 0.203. The standard InChI is InChI=1S/C14H21FN2.ClH/c1-14(6-7-16-10-14)11-17(2)9-12-4-3-5-13(15)8-12;/h3-5,8,16H,6-7,9-11H2,1-2H3;1H. The Labute approximate surface area is 115 Å². The minimum absolute atomic E-state index is 0. The molecule has 102 valence electrons. The van der Waals surface area contributed by atoms with E-state index in [1.54, 1.807) is 12.1 Å². The summed E-state index contributed by atoms with van der Waals surface area (Å²) in [6, 6.07) is 6.86. The van der Waals surface area contributed by atoms with Crippen molar-refractivity contribution in [1.82, 2.24) is 10.2 Å². The van der Waals surface area contributed by atoms with E-state index in [4.69, 9.17) is 0 Å². The zero-order valence-corrected chi connectivity index (χ0v) is 11.9. The summed E-state index contributed by atoms with van der Waals surface area (Å²) in [6.07, 6.45) is 1.22. The van der Waals surface area contributed by atoms with Crippen molar-refractivity contribution in [3.63, 3.8) is 0 Å². The van der Waals surface area contributed by atoms with E-state index in [0.717, 1.165) is 31.7 Å². The fraction of sp³-hybridized carbons (Fsp3) is 0.571. The molecule has 18 heavy (non-hydrogen) atoms. The van der Waals surface area contributed by atoms with Gasteiger partial charge in [0.1, 0.15) is 5.82 Å². The quantitative estimate of drug-likeness (QED) is 0.907. The van der Waals surface area contributed by atoms with Crippen LogP contribution in [0.15, 0.2) is 24.3 Å². The number of halogens is 2. The molecule has 1 aromatic rings. The molecule has 4 heteroatoms. The molecule has 0 spiro atoms. The van der Waals surface area contributed by atoms with Gasteiger partial charge in [-0.25, -0.2) is 4.39 Å². The summed E-state index contributed by atoms with van der Waals surface area (Å²) >= 11 is 0. The smallest absolute Gasteiger partial charge is 0.123 e. The molecule has 0 bridgehead atoms. The molecule has 1 unspecified atom stereocenters. The average Bonchev–Trinajstić information content (AvgIpc) is 2.64. The predicted octanol–water partition coefficient (Wildman–Crippen LogP) is 2.68. The lowest BCUT2D eigenvalue weighted by Gasteiger charge is -2.29. The van der Waals surface area contributed by atoms with Gasteiger partial charge in [-0.05, 0) is 43.1 Å². The number of hydrogen-bond donors (Lipinski definition) is 1. The zero-order chi connectivity index (χ0) is 12.3. The maximum Gasteiger partial charge on any atom is 0.123 e. The molecule has 1 heterocycles. The second-order valence-electron chi connectivity index (χ2n) is 5.54. The Morgan fingerprint density at radius 1 is 1.44 bits per heavy atom. The van der Waals surface area contributed by atoms with E-state index in [2.05, 4.69) is 24.2 Å². The SMILES string of the molecule is CN(Cc1cccc(F)c1)CC1(C)CCNC1.Cl. The van der Waals surface area contributed by atoms with E-state index >= 15 is 0 Å². The first kappa shape index (κ1) is 15.4. The Hall–Kier alpha value is -0.640. The number of nitrogens with one attached hydrogen (secondary N) is 1. The van der Waals surface area contributed by atoms with E-state index in [0.29, 0.717) is 5.41 Å². The van der Waals surface area contributed by atoms with E-state index in [9.17, 15) is 4.39 Å². The second-order valence-corrected chi connectivity index (χ2v) is 5.54. The number of hydrogen-bond acceptors (Lipinski definition) is 2. The average molecular weight is 273 g/mol. The van der Waals surface area contributed by atoms with Crippen LogP contribution < -0.4 is 5.32 Å². The van der Waals surface area contributed by atoms with Crippen molar-refractivity contribution in [2.24, 2.45) is 5.41 Å². The minimum Gasteiger partial charge on any atom is -0.316 e. The van der Waals surface area contributed by atoms with Crippen LogP contribution in [0.3, 0.4) is 0 Å². The summed E-state index contributed by atoms with van der Waals surface area (Å²) in [6.45, 7) is 6.38. The summed E-state index contributed by atoms with van der Waals surface area (Å²) in [7, 11) is 2.11. The zero-order valence-electron chi connectivity index (χ0n) is 11.1. The van der Waals surface area contributed by atoms with Gasteiger partial charge >= 0.3 is 0 Å². The molecule has 1 saturated heterocycles. The van der Waals surface area contributed by atoms with Crippen LogP contribution in [0.2, 0.25) is 0 Å². The Bertz CT molecular complexity index is 378. The molecule has 1 aliphatic rings. The van der Waals surface area contributed by atoms with Crippen molar-refractivity contribution in [2.75, 3.05) is 26.7 Å². The Kier molecular flexibility index (Phi) is 5.57. The van der Waals surface area contributed by atoms with E-state index in [1.165, 1.54) is 12.5 Å². The molecular weight excluding hydrogens is 251 g/mol. The third-order valence-electron chi connectivity index (χ3n) is 3.45. The van der Waals surface area contributed by atoms with Crippen molar-refractivity contribution in [3.05, 3.63) is 35.6 Å². The van der Waals surface area contributed by atoms with Gasteiger partial charge in [0.05, 0.1) is 0 Å². The van der Waals surface area contributed by atoms with Crippen LogP contribution in [0.25, 0.3) is 0 Å². The molecule has 2 nitrogen and oxygen atoms in total. The van der Waals surface area contributed by atoms with Gasteiger partial charge in [0.15, 0.2) is 0 Å². The van der Waals surface area contributed by atoms with E-state index < -0.39 is 0 Å². The van der Waals surface area contributed by atoms with Crippen LogP contribution in [-0.4, -0.2) is 31.6 Å². The topological polar surface area (TPSA) is 15.3 Å². The summed E-state index contributed by atoms with van der Waals surface area (Å²) < 4.78 is 13.1. The van der Waals surface area contributed by atoms with Crippen LogP contribution in [0, 0.1) is 11.2 Å². The summed E-state index contributed by atoms with van der Waals surface area (Å²) in [5, 5.41) is 3.40. The molecule has 0 amide bonds. The maximum absolute atomic E-state index is 13.1. The highest BCUT2D eigenvalue weighted by atomic mass is 35.5. The third kappa shape index (κ3) is 4.23. The molecule has 0 aromatic heterocycles. The molecule has 2 rings (SSSR count). The molecular formula is C14H22ClFN2. The first-order chi connectivity index (χ1) is 8.07. The van der Waals surface area contributed by atoms with Gasteiger partial charge in [-0.2, -0.15) is 0 Å². The first-order valence-electron chi connectivity index (χ1n) is 6.21. The Balaban J connectivity index is 0.00000162. The van der Waals surface area contributed by atoms with Crippen LogP contribution in [0.1, 0.15) is 18.9 Å². The van der Waals surface area contributed by atoms with Crippen LogP contribution in [0.4, 0.5) is 4.39 Å². The van der Waals surface area contributed by atoms with Gasteiger partial charge in [0.25, 0.3) is 0 Å². The second kappa shape index (κ2) is 6.50. The summed E-state index contributed by atoms with van der Waals surface area (Å²) in [5.41, 5.74) is 1.41. The van der Waals surface area contributed by atoms with Crippen LogP contribution >= 0.6 is 12.4 Å². The van der Waals surface area contributed by atoms with Crippen LogP contribution in [0.5, 0.6) is 0 Å². The van der Waals surface area contributed by atoms with E-state index in [1.807, 2.05) is 6.07 Å². The van der Waals surface area contributed by atoms with Crippen molar-refractivity contribution in [2.45, 2.75) is 19.9 Å². The third-order valence-corrected chi connectivity index (χ3v) is 3.45. The fourth-order valence-electron chi connectivity index (χ4n) is 2.66. The summed E-state index contributed by atoms with van der Waals surface area (Å²) in [5.74, 6) is -0.148. The predicted molar refractivity (Wildman–Crippen MR) is 75.6 cm³/mol. The number of nitrogens with zero attached hydrogens (tertiary/aromatic N) is 1. The Morgan fingerprint density at radius 2 is 2.22 bits per heavy atom. The molecule has 0 aliphatic carbocycles. The van der Waals surface area contributed by atoms with Gasteiger partial charge in [0, 0.05) is 19.6 Å². The van der Waals surface area contributed by atoms with Gasteiger partial charge in [0.2, 0.25) is 0 Å². The minimum atomic E-state index is -0.148. The van der Waals surface area contributed by atoms with Crippen LogP contribution in [-0.2, 0) is 6.54 Å². The number of benzene rings is 1. The van der Waals surface area contributed by atoms with Gasteiger partial charge in [-0.3, -0.25) is 0 Å². The fourth-order valence-corrected chi connectivity index (χ4v) is 2.66. The molecule has 1 N–H and O–H groups in total. The van der Waals surface area contributed by atoms with E-state index in [-0.39, 0.29) is 18.2 Å². The highest BCUT2D eigenvalue weighted by Gasteiger charge is 2.29. The van der Waals surface area contributed by atoms with Gasteiger partial charge < -0.3 is 10.2 Å². The summed E-state index contributed by atoms with van der Waals surface area (Å²) in [4.78, 5) is 2.28. The Morgan fingerprint density at radius 3 is 2.83 bits per heavy atom. The largest absolute Gasteiger partial charge is 0.316 e. The highest BCUT2D eigenvalue weighted by Crippen LogP contribution is 2.25. The lowest BCUT2D eigenvalue weighted by Crippen LogP contribution is -2.34. The molecule has 0 saturated carbocycles.